The third kappa shape index (κ3) is 6.45. The maximum absolute atomic E-state index is 12.1. The number of methoxy groups -OCH3 is 1. The summed E-state index contributed by atoms with van der Waals surface area (Å²) in [5.74, 6) is -0.201. The molecule has 132 valence electrons. The molecule has 2 aromatic rings. The van der Waals surface area contributed by atoms with Gasteiger partial charge in [-0.3, -0.25) is 10.1 Å². The number of carbonyl (C=O) groups excluding carboxylic acids is 2. The molecule has 0 aromatic heterocycles. The van der Waals surface area contributed by atoms with Crippen LogP contribution in [0.15, 0.2) is 48.5 Å². The Hall–Kier alpha value is -2.57. The van der Waals surface area contributed by atoms with Crippen LogP contribution < -0.4 is 10.6 Å². The van der Waals surface area contributed by atoms with Crippen LogP contribution in [0.5, 0.6) is 0 Å². The second-order valence-corrected chi connectivity index (χ2v) is 5.56. The van der Waals surface area contributed by atoms with Crippen molar-refractivity contribution in [2.45, 2.75) is 6.42 Å². The van der Waals surface area contributed by atoms with Crippen molar-refractivity contribution in [1.82, 2.24) is 0 Å². The summed E-state index contributed by atoms with van der Waals surface area (Å²) < 4.78 is 9.72. The fraction of sp³-hybridized carbons (Fsp3) is 0.222. The first-order valence-electron chi connectivity index (χ1n) is 7.64. The van der Waals surface area contributed by atoms with E-state index in [9.17, 15) is 9.59 Å². The minimum atomic E-state index is -0.586. The molecule has 2 aromatic carbocycles. The number of benzene rings is 2. The van der Waals surface area contributed by atoms with E-state index in [1.165, 1.54) is 7.11 Å². The van der Waals surface area contributed by atoms with Gasteiger partial charge in [-0.25, -0.2) is 4.79 Å². The monoisotopic (exact) mass is 362 g/mol. The van der Waals surface area contributed by atoms with Crippen LogP contribution in [0, 0.1) is 0 Å². The summed E-state index contributed by atoms with van der Waals surface area (Å²) in [7, 11) is 1.52. The lowest BCUT2D eigenvalue weighted by Crippen LogP contribution is -2.17. The Balaban J connectivity index is 1.91. The zero-order valence-corrected chi connectivity index (χ0v) is 14.5. The fourth-order valence-corrected chi connectivity index (χ4v) is 2.27. The van der Waals surface area contributed by atoms with Gasteiger partial charge in [0.05, 0.1) is 13.0 Å². The molecule has 0 bridgehead atoms. The van der Waals surface area contributed by atoms with E-state index in [1.807, 2.05) is 12.1 Å². The van der Waals surface area contributed by atoms with Gasteiger partial charge in [0.25, 0.3) is 0 Å². The summed E-state index contributed by atoms with van der Waals surface area (Å²) >= 11 is 6.06. The Kier molecular flexibility index (Phi) is 7.25. The van der Waals surface area contributed by atoms with Crippen molar-refractivity contribution >= 4 is 35.0 Å². The Morgan fingerprint density at radius 3 is 2.44 bits per heavy atom. The van der Waals surface area contributed by atoms with Gasteiger partial charge in [0, 0.05) is 23.5 Å². The van der Waals surface area contributed by atoms with Crippen LogP contribution in [-0.4, -0.2) is 32.3 Å². The Morgan fingerprint density at radius 2 is 1.72 bits per heavy atom. The molecule has 0 heterocycles. The van der Waals surface area contributed by atoms with Crippen molar-refractivity contribution in [3.8, 4) is 0 Å². The van der Waals surface area contributed by atoms with Crippen LogP contribution >= 0.6 is 11.6 Å². The number of rotatable bonds is 7. The lowest BCUT2D eigenvalue weighted by molar-refractivity contribution is -0.115. The van der Waals surface area contributed by atoms with Gasteiger partial charge >= 0.3 is 6.09 Å². The summed E-state index contributed by atoms with van der Waals surface area (Å²) in [5, 5.41) is 5.91. The van der Waals surface area contributed by atoms with Gasteiger partial charge in [0.2, 0.25) is 5.91 Å². The topological polar surface area (TPSA) is 76.7 Å². The summed E-state index contributed by atoms with van der Waals surface area (Å²) in [5.41, 5.74) is 1.82. The molecule has 2 rings (SSSR count). The van der Waals surface area contributed by atoms with Crippen molar-refractivity contribution in [3.63, 3.8) is 0 Å². The second-order valence-electron chi connectivity index (χ2n) is 5.15. The Bertz CT molecular complexity index is 737. The van der Waals surface area contributed by atoms with Crippen molar-refractivity contribution in [3.05, 3.63) is 59.1 Å². The molecule has 7 heteroatoms. The number of hydrogen-bond acceptors (Lipinski definition) is 4. The molecule has 0 aliphatic carbocycles. The van der Waals surface area contributed by atoms with Crippen LogP contribution in [0.3, 0.4) is 0 Å². The number of carbonyl (C=O) groups is 2. The minimum absolute atomic E-state index is 0.163. The number of amides is 2. The number of hydrogen-bond donors (Lipinski definition) is 2. The largest absolute Gasteiger partial charge is 0.447 e. The van der Waals surface area contributed by atoms with Gasteiger partial charge in [0.15, 0.2) is 0 Å². The lowest BCUT2D eigenvalue weighted by atomic mass is 10.1. The molecule has 0 radical (unpaired) electrons. The van der Waals surface area contributed by atoms with Gasteiger partial charge in [-0.05, 0) is 29.8 Å². The van der Waals surface area contributed by atoms with Crippen molar-refractivity contribution in [1.29, 1.82) is 0 Å². The summed E-state index contributed by atoms with van der Waals surface area (Å²) in [6, 6.07) is 14.0. The van der Waals surface area contributed by atoms with Gasteiger partial charge in [-0.2, -0.15) is 0 Å². The predicted molar refractivity (Wildman–Crippen MR) is 97.1 cm³/mol. The summed E-state index contributed by atoms with van der Waals surface area (Å²) in [4.78, 5) is 23.8. The smallest absolute Gasteiger partial charge is 0.411 e. The molecule has 0 aliphatic heterocycles. The maximum atomic E-state index is 12.1. The first-order chi connectivity index (χ1) is 12.1. The van der Waals surface area contributed by atoms with Gasteiger partial charge in [-0.1, -0.05) is 35.9 Å². The van der Waals surface area contributed by atoms with E-state index < -0.39 is 6.09 Å². The fourth-order valence-electron chi connectivity index (χ4n) is 2.07. The molecule has 25 heavy (non-hydrogen) atoms. The molecular weight excluding hydrogens is 344 g/mol. The van der Waals surface area contributed by atoms with E-state index in [1.54, 1.807) is 36.4 Å². The van der Waals surface area contributed by atoms with Crippen LogP contribution in [0.2, 0.25) is 5.02 Å². The van der Waals surface area contributed by atoms with E-state index >= 15 is 0 Å². The molecule has 0 fully saturated rings. The highest BCUT2D eigenvalue weighted by Gasteiger charge is 2.08. The normalized spacial score (nSPS) is 10.2. The standard InChI is InChI=1S/C18H19ClN2O4/c1-24-9-10-25-18(23)21-15-7-4-6-14(12-15)20-17(22)11-13-5-2-3-8-16(13)19/h2-8,12H,9-11H2,1H3,(H,20,22)(H,21,23). The molecule has 2 amide bonds. The molecule has 2 N–H and O–H groups in total. The van der Waals surface area contributed by atoms with E-state index in [-0.39, 0.29) is 18.9 Å². The van der Waals surface area contributed by atoms with Crippen LogP contribution in [0.1, 0.15) is 5.56 Å². The summed E-state index contributed by atoms with van der Waals surface area (Å²) in [6.07, 6.45) is -0.423. The van der Waals surface area contributed by atoms with Crippen LogP contribution in [-0.2, 0) is 20.7 Å². The number of halogens is 1. The van der Waals surface area contributed by atoms with Gasteiger partial charge in [0.1, 0.15) is 6.61 Å². The maximum Gasteiger partial charge on any atom is 0.411 e. The average molecular weight is 363 g/mol. The van der Waals surface area contributed by atoms with E-state index in [4.69, 9.17) is 21.1 Å². The van der Waals surface area contributed by atoms with Crippen LogP contribution in [0.4, 0.5) is 16.2 Å². The molecular formula is C18H19ClN2O4. The number of anilines is 2. The SMILES string of the molecule is COCCOC(=O)Nc1cccc(NC(=O)Cc2ccccc2Cl)c1. The Morgan fingerprint density at radius 1 is 1.00 bits per heavy atom. The van der Waals surface area contributed by atoms with Crippen molar-refractivity contribution in [2.24, 2.45) is 0 Å². The molecule has 0 spiro atoms. The van der Waals surface area contributed by atoms with Crippen molar-refractivity contribution in [2.75, 3.05) is 31.0 Å². The third-order valence-electron chi connectivity index (χ3n) is 3.22. The van der Waals surface area contributed by atoms with E-state index in [2.05, 4.69) is 10.6 Å². The molecule has 6 nitrogen and oxygen atoms in total. The van der Waals surface area contributed by atoms with Gasteiger partial charge in [-0.15, -0.1) is 0 Å². The molecule has 0 saturated carbocycles. The highest BCUT2D eigenvalue weighted by molar-refractivity contribution is 6.31. The van der Waals surface area contributed by atoms with E-state index in [0.29, 0.717) is 23.0 Å². The van der Waals surface area contributed by atoms with E-state index in [0.717, 1.165) is 5.56 Å². The highest BCUT2D eigenvalue weighted by Crippen LogP contribution is 2.18. The second kappa shape index (κ2) is 9.66. The first-order valence-corrected chi connectivity index (χ1v) is 8.02. The zero-order valence-electron chi connectivity index (χ0n) is 13.8. The number of nitrogens with one attached hydrogen (secondary N) is 2. The highest BCUT2D eigenvalue weighted by atomic mass is 35.5. The average Bonchev–Trinajstić information content (AvgIpc) is 2.57. The Labute approximate surface area is 151 Å². The quantitative estimate of drug-likeness (QED) is 0.736. The molecule has 0 saturated heterocycles. The molecule has 0 atom stereocenters. The van der Waals surface area contributed by atoms with Crippen LogP contribution in [0.25, 0.3) is 0 Å². The van der Waals surface area contributed by atoms with Gasteiger partial charge < -0.3 is 14.8 Å². The number of ether oxygens (including phenoxy) is 2. The minimum Gasteiger partial charge on any atom is -0.447 e. The zero-order chi connectivity index (χ0) is 18.1. The summed E-state index contributed by atoms with van der Waals surface area (Å²) in [6.45, 7) is 0.488. The third-order valence-corrected chi connectivity index (χ3v) is 3.59. The predicted octanol–water partition coefficient (Wildman–Crippen LogP) is 3.72. The van der Waals surface area contributed by atoms with Crippen molar-refractivity contribution < 1.29 is 19.1 Å². The first kappa shape index (κ1) is 18.8. The molecule has 0 aliphatic rings. The molecule has 0 unspecified atom stereocenters. The lowest BCUT2D eigenvalue weighted by Gasteiger charge is -2.10.